The number of hydrogen-bond acceptors (Lipinski definition) is 5. The van der Waals surface area contributed by atoms with Gasteiger partial charge in [0.05, 0.1) is 12.4 Å². The Balaban J connectivity index is 1.77. The molecule has 2 aromatic rings. The number of nitrogens with one attached hydrogen (secondary N) is 1. The van der Waals surface area contributed by atoms with Gasteiger partial charge in [0.15, 0.2) is 0 Å². The Morgan fingerprint density at radius 3 is 2.85 bits per heavy atom. The molecule has 0 aromatic carbocycles. The van der Waals surface area contributed by atoms with Gasteiger partial charge in [0.2, 0.25) is 5.91 Å². The van der Waals surface area contributed by atoms with Crippen LogP contribution in [0.25, 0.3) is 0 Å². The monoisotopic (exact) mass is 356 g/mol. The van der Waals surface area contributed by atoms with Crippen molar-refractivity contribution in [2.45, 2.75) is 39.3 Å². The maximum atomic E-state index is 12.6. The topological polar surface area (TPSA) is 86.1 Å². The Bertz CT molecular complexity index is 813. The van der Waals surface area contributed by atoms with Crippen LogP contribution in [-0.4, -0.2) is 33.7 Å². The molecule has 1 atom stereocenters. The van der Waals surface area contributed by atoms with E-state index in [9.17, 15) is 9.59 Å². The Hall–Kier alpha value is -2.54. The van der Waals surface area contributed by atoms with Crippen LogP contribution in [0.5, 0.6) is 0 Å². The van der Waals surface area contributed by atoms with Crippen LogP contribution in [0.3, 0.4) is 0 Å². The first kappa shape index (κ1) is 18.3. The first-order valence-corrected chi connectivity index (χ1v) is 8.86. The SMILES string of the molecule is Cc1ncn(CC(=O)NC(c2cccnc2)C2CCOCC2)c(=O)c1C. The summed E-state index contributed by atoms with van der Waals surface area (Å²) in [5.41, 5.74) is 2.03. The second-order valence-corrected chi connectivity index (χ2v) is 6.67. The Morgan fingerprint density at radius 2 is 2.15 bits per heavy atom. The summed E-state index contributed by atoms with van der Waals surface area (Å²) in [6.07, 6.45) is 6.69. The maximum absolute atomic E-state index is 12.6. The quantitative estimate of drug-likeness (QED) is 0.878. The third-order valence-corrected chi connectivity index (χ3v) is 4.93. The van der Waals surface area contributed by atoms with Gasteiger partial charge in [-0.2, -0.15) is 0 Å². The molecule has 1 unspecified atom stereocenters. The van der Waals surface area contributed by atoms with E-state index in [0.717, 1.165) is 18.4 Å². The first-order chi connectivity index (χ1) is 12.6. The molecule has 7 heteroatoms. The zero-order valence-electron chi connectivity index (χ0n) is 15.1. The molecular weight excluding hydrogens is 332 g/mol. The first-order valence-electron chi connectivity index (χ1n) is 8.86. The lowest BCUT2D eigenvalue weighted by Gasteiger charge is -2.31. The molecule has 1 aliphatic rings. The van der Waals surface area contributed by atoms with E-state index in [0.29, 0.717) is 24.5 Å². The van der Waals surface area contributed by atoms with Gasteiger partial charge in [0.25, 0.3) is 5.56 Å². The molecule has 0 saturated carbocycles. The number of carbonyl (C=O) groups excluding carboxylic acids is 1. The minimum absolute atomic E-state index is 0.0487. The van der Waals surface area contributed by atoms with Gasteiger partial charge in [-0.15, -0.1) is 0 Å². The molecule has 0 radical (unpaired) electrons. The molecule has 1 fully saturated rings. The Labute approximate surface area is 152 Å². The molecule has 26 heavy (non-hydrogen) atoms. The van der Waals surface area contributed by atoms with E-state index in [1.165, 1.54) is 10.9 Å². The number of ether oxygens (including phenoxy) is 1. The summed E-state index contributed by atoms with van der Waals surface area (Å²) in [5.74, 6) is 0.0731. The van der Waals surface area contributed by atoms with E-state index >= 15 is 0 Å². The van der Waals surface area contributed by atoms with Gasteiger partial charge in [-0.25, -0.2) is 4.98 Å². The Morgan fingerprint density at radius 1 is 1.38 bits per heavy atom. The smallest absolute Gasteiger partial charge is 0.256 e. The highest BCUT2D eigenvalue weighted by Crippen LogP contribution is 2.29. The molecular formula is C19H24N4O3. The zero-order chi connectivity index (χ0) is 18.5. The summed E-state index contributed by atoms with van der Waals surface area (Å²) in [5, 5.41) is 3.09. The number of nitrogens with zero attached hydrogens (tertiary/aromatic N) is 3. The highest BCUT2D eigenvalue weighted by Gasteiger charge is 2.27. The van der Waals surface area contributed by atoms with Crippen LogP contribution >= 0.6 is 0 Å². The van der Waals surface area contributed by atoms with Crippen molar-refractivity contribution in [2.24, 2.45) is 5.92 Å². The molecule has 3 rings (SSSR count). The highest BCUT2D eigenvalue weighted by molar-refractivity contribution is 5.76. The van der Waals surface area contributed by atoms with Gasteiger partial charge < -0.3 is 10.1 Å². The molecule has 1 saturated heterocycles. The third-order valence-electron chi connectivity index (χ3n) is 4.93. The van der Waals surface area contributed by atoms with Crippen molar-refractivity contribution in [1.82, 2.24) is 19.9 Å². The van der Waals surface area contributed by atoms with Gasteiger partial charge in [0.1, 0.15) is 6.54 Å². The molecule has 0 aliphatic carbocycles. The highest BCUT2D eigenvalue weighted by atomic mass is 16.5. The summed E-state index contributed by atoms with van der Waals surface area (Å²) in [6, 6.07) is 3.69. The fourth-order valence-corrected chi connectivity index (χ4v) is 3.24. The number of pyridine rings is 1. The van der Waals surface area contributed by atoms with Crippen molar-refractivity contribution in [3.05, 3.63) is 58.0 Å². The lowest BCUT2D eigenvalue weighted by Crippen LogP contribution is -2.39. The van der Waals surface area contributed by atoms with Crippen molar-refractivity contribution in [3.8, 4) is 0 Å². The second-order valence-electron chi connectivity index (χ2n) is 6.67. The van der Waals surface area contributed by atoms with E-state index < -0.39 is 0 Å². The van der Waals surface area contributed by atoms with E-state index in [1.54, 1.807) is 26.2 Å². The molecule has 0 spiro atoms. The summed E-state index contributed by atoms with van der Waals surface area (Å²) in [6.45, 7) is 4.84. The fourth-order valence-electron chi connectivity index (χ4n) is 3.24. The van der Waals surface area contributed by atoms with Crippen molar-refractivity contribution in [3.63, 3.8) is 0 Å². The minimum Gasteiger partial charge on any atom is -0.381 e. The van der Waals surface area contributed by atoms with E-state index in [1.807, 2.05) is 12.1 Å². The van der Waals surface area contributed by atoms with Gasteiger partial charge >= 0.3 is 0 Å². The second kappa shape index (κ2) is 8.23. The van der Waals surface area contributed by atoms with Crippen molar-refractivity contribution < 1.29 is 9.53 Å². The van der Waals surface area contributed by atoms with Crippen molar-refractivity contribution in [2.75, 3.05) is 13.2 Å². The molecule has 1 aliphatic heterocycles. The minimum atomic E-state index is -0.211. The number of aryl methyl sites for hydroxylation is 1. The molecule has 0 bridgehead atoms. The zero-order valence-corrected chi connectivity index (χ0v) is 15.1. The number of carbonyl (C=O) groups is 1. The predicted molar refractivity (Wildman–Crippen MR) is 96.6 cm³/mol. The average molecular weight is 356 g/mol. The number of aromatic nitrogens is 3. The van der Waals surface area contributed by atoms with Gasteiger partial charge in [-0.1, -0.05) is 6.07 Å². The lowest BCUT2D eigenvalue weighted by molar-refractivity contribution is -0.123. The summed E-state index contributed by atoms with van der Waals surface area (Å²) >= 11 is 0. The standard InChI is InChI=1S/C19H24N4O3/c1-13-14(2)21-12-23(19(13)25)11-17(24)22-18(15-5-8-26-9-6-15)16-4-3-7-20-10-16/h3-4,7,10,12,15,18H,5-6,8-9,11H2,1-2H3,(H,22,24). The molecule has 1 amide bonds. The third kappa shape index (κ3) is 4.16. The van der Waals surface area contributed by atoms with Crippen LogP contribution in [0.2, 0.25) is 0 Å². The van der Waals surface area contributed by atoms with Gasteiger partial charge in [-0.3, -0.25) is 19.1 Å². The Kier molecular flexibility index (Phi) is 5.78. The summed E-state index contributed by atoms with van der Waals surface area (Å²) in [4.78, 5) is 33.3. The van der Waals surface area contributed by atoms with Crippen LogP contribution in [0.15, 0.2) is 35.6 Å². The van der Waals surface area contributed by atoms with Crippen LogP contribution in [0.4, 0.5) is 0 Å². The predicted octanol–water partition coefficient (Wildman–Crippen LogP) is 1.54. The van der Waals surface area contributed by atoms with Gasteiger partial charge in [-0.05, 0) is 44.2 Å². The average Bonchev–Trinajstić information content (AvgIpc) is 2.68. The van der Waals surface area contributed by atoms with E-state index in [2.05, 4.69) is 15.3 Å². The van der Waals surface area contributed by atoms with Crippen LogP contribution in [0.1, 0.15) is 35.7 Å². The number of hydrogen-bond donors (Lipinski definition) is 1. The molecule has 3 heterocycles. The summed E-state index contributed by atoms with van der Waals surface area (Å²) in [7, 11) is 0. The number of rotatable bonds is 5. The normalized spacial score (nSPS) is 16.2. The molecule has 2 aromatic heterocycles. The molecule has 138 valence electrons. The largest absolute Gasteiger partial charge is 0.381 e. The van der Waals surface area contributed by atoms with Crippen LogP contribution < -0.4 is 10.9 Å². The molecule has 1 N–H and O–H groups in total. The van der Waals surface area contributed by atoms with Crippen molar-refractivity contribution in [1.29, 1.82) is 0 Å². The van der Waals surface area contributed by atoms with E-state index in [-0.39, 0.29) is 30.0 Å². The van der Waals surface area contributed by atoms with Crippen LogP contribution in [-0.2, 0) is 16.1 Å². The molecule has 7 nitrogen and oxygen atoms in total. The lowest BCUT2D eigenvalue weighted by atomic mass is 9.87. The van der Waals surface area contributed by atoms with E-state index in [4.69, 9.17) is 4.74 Å². The number of amides is 1. The van der Waals surface area contributed by atoms with Crippen molar-refractivity contribution >= 4 is 5.91 Å². The van der Waals surface area contributed by atoms with Crippen LogP contribution in [0, 0.1) is 19.8 Å². The maximum Gasteiger partial charge on any atom is 0.256 e. The van der Waals surface area contributed by atoms with Gasteiger partial charge in [0, 0.05) is 36.9 Å². The fraction of sp³-hybridized carbons (Fsp3) is 0.474. The summed E-state index contributed by atoms with van der Waals surface area (Å²) < 4.78 is 6.79.